The molecule has 6 heteroatoms. The van der Waals surface area contributed by atoms with Gasteiger partial charge in [-0.05, 0) is 32.0 Å². The molecule has 1 aromatic rings. The van der Waals surface area contributed by atoms with Crippen molar-refractivity contribution in [2.24, 2.45) is 0 Å². The molecule has 112 valence electrons. The van der Waals surface area contributed by atoms with Crippen molar-refractivity contribution in [2.75, 3.05) is 25.5 Å². The fourth-order valence-corrected chi connectivity index (χ4v) is 1.87. The van der Waals surface area contributed by atoms with Gasteiger partial charge in [-0.25, -0.2) is 0 Å². The highest BCUT2D eigenvalue weighted by Gasteiger charge is 2.13. The Hall–Kier alpha value is -2.19. The lowest BCUT2D eigenvalue weighted by molar-refractivity contribution is -0.112. The van der Waals surface area contributed by atoms with Crippen LogP contribution in [0.4, 0.5) is 5.69 Å². The zero-order valence-electron chi connectivity index (χ0n) is 12.3. The van der Waals surface area contributed by atoms with Gasteiger partial charge in [0.15, 0.2) is 0 Å². The molecule has 5 nitrogen and oxygen atoms in total. The third-order valence-corrected chi connectivity index (χ3v) is 3.13. The molecule has 1 rings (SSSR count). The van der Waals surface area contributed by atoms with E-state index in [9.17, 15) is 4.79 Å². The quantitative estimate of drug-likeness (QED) is 0.648. The molecule has 0 bridgehead atoms. The first kappa shape index (κ1) is 16.9. The van der Waals surface area contributed by atoms with Gasteiger partial charge in [0.2, 0.25) is 0 Å². The summed E-state index contributed by atoms with van der Waals surface area (Å²) in [5, 5.41) is 12.2. The van der Waals surface area contributed by atoms with Crippen molar-refractivity contribution in [2.45, 2.75) is 13.8 Å². The maximum absolute atomic E-state index is 12.2. The van der Waals surface area contributed by atoms with Crippen molar-refractivity contribution >= 4 is 23.2 Å². The number of nitrogens with one attached hydrogen (secondary N) is 1. The Labute approximate surface area is 129 Å². The highest BCUT2D eigenvalue weighted by Crippen LogP contribution is 2.27. The lowest BCUT2D eigenvalue weighted by atomic mass is 10.2. The summed E-state index contributed by atoms with van der Waals surface area (Å²) in [6.45, 7) is 5.34. The Balaban J connectivity index is 2.99. The lowest BCUT2D eigenvalue weighted by Gasteiger charge is -2.16. The highest BCUT2D eigenvalue weighted by atomic mass is 35.5. The van der Waals surface area contributed by atoms with Crippen molar-refractivity contribution < 1.29 is 9.53 Å². The van der Waals surface area contributed by atoms with Crippen LogP contribution in [-0.2, 0) is 4.79 Å². The summed E-state index contributed by atoms with van der Waals surface area (Å²) in [6, 6.07) is 6.79. The second-order valence-electron chi connectivity index (χ2n) is 4.17. The van der Waals surface area contributed by atoms with Gasteiger partial charge in [-0.15, -0.1) is 0 Å². The van der Waals surface area contributed by atoms with Crippen molar-refractivity contribution in [1.82, 2.24) is 4.90 Å². The molecule has 1 aromatic carbocycles. The SMILES string of the molecule is CCN(/C=C(/C#N)C(=O)Nc1cc(Cl)ccc1OC)CC. The van der Waals surface area contributed by atoms with E-state index in [2.05, 4.69) is 5.32 Å². The van der Waals surface area contributed by atoms with E-state index >= 15 is 0 Å². The molecule has 0 atom stereocenters. The van der Waals surface area contributed by atoms with Crippen LogP contribution >= 0.6 is 11.6 Å². The van der Waals surface area contributed by atoms with E-state index in [1.165, 1.54) is 7.11 Å². The van der Waals surface area contributed by atoms with E-state index in [1.807, 2.05) is 24.8 Å². The van der Waals surface area contributed by atoms with Gasteiger partial charge in [-0.1, -0.05) is 11.6 Å². The van der Waals surface area contributed by atoms with Crippen LogP contribution in [0, 0.1) is 11.3 Å². The first-order chi connectivity index (χ1) is 10.0. The number of methoxy groups -OCH3 is 1. The standard InChI is InChI=1S/C15H18ClN3O2/c1-4-19(5-2)10-11(9-17)15(20)18-13-8-12(16)6-7-14(13)21-3/h6-8,10H,4-5H2,1-3H3,(H,18,20)/b11-10-. The van der Waals surface area contributed by atoms with Crippen LogP contribution in [0.1, 0.15) is 13.8 Å². The zero-order valence-corrected chi connectivity index (χ0v) is 13.1. The Morgan fingerprint density at radius 2 is 2.14 bits per heavy atom. The van der Waals surface area contributed by atoms with Gasteiger partial charge in [0.05, 0.1) is 12.8 Å². The number of carbonyl (C=O) groups excluding carboxylic acids is 1. The van der Waals surface area contributed by atoms with Crippen LogP contribution < -0.4 is 10.1 Å². The smallest absolute Gasteiger partial charge is 0.267 e. The molecule has 1 N–H and O–H groups in total. The summed E-state index contributed by atoms with van der Waals surface area (Å²) < 4.78 is 5.15. The topological polar surface area (TPSA) is 65.4 Å². The summed E-state index contributed by atoms with van der Waals surface area (Å²) in [6.07, 6.45) is 1.55. The second kappa shape index (κ2) is 8.18. The normalized spacial score (nSPS) is 10.7. The molecule has 1 amide bonds. The molecule has 0 aliphatic heterocycles. The Bertz CT molecular complexity index is 575. The van der Waals surface area contributed by atoms with Gasteiger partial charge >= 0.3 is 0 Å². The van der Waals surface area contributed by atoms with Gasteiger partial charge in [0.1, 0.15) is 17.4 Å². The first-order valence-corrected chi connectivity index (χ1v) is 6.94. The summed E-state index contributed by atoms with van der Waals surface area (Å²) in [4.78, 5) is 14.0. The minimum Gasteiger partial charge on any atom is -0.495 e. The first-order valence-electron chi connectivity index (χ1n) is 6.56. The number of ether oxygens (including phenoxy) is 1. The van der Waals surface area contributed by atoms with Gasteiger partial charge in [-0.3, -0.25) is 4.79 Å². The number of hydrogen-bond acceptors (Lipinski definition) is 4. The maximum Gasteiger partial charge on any atom is 0.267 e. The molecule has 0 saturated carbocycles. The van der Waals surface area contributed by atoms with Crippen LogP contribution in [-0.4, -0.2) is 31.0 Å². The Morgan fingerprint density at radius 1 is 1.48 bits per heavy atom. The summed E-state index contributed by atoms with van der Waals surface area (Å²) in [5.41, 5.74) is 0.455. The van der Waals surface area contributed by atoms with E-state index in [-0.39, 0.29) is 5.57 Å². The molecule has 21 heavy (non-hydrogen) atoms. The van der Waals surface area contributed by atoms with Gasteiger partial charge in [-0.2, -0.15) is 5.26 Å². The number of amides is 1. The largest absolute Gasteiger partial charge is 0.495 e. The number of hydrogen-bond donors (Lipinski definition) is 1. The minimum atomic E-state index is -0.495. The van der Waals surface area contributed by atoms with Crippen LogP contribution in [0.2, 0.25) is 5.02 Å². The van der Waals surface area contributed by atoms with E-state index in [1.54, 1.807) is 24.4 Å². The average Bonchev–Trinajstić information content (AvgIpc) is 2.48. The predicted octanol–water partition coefficient (Wildman–Crippen LogP) is 3.04. The predicted molar refractivity (Wildman–Crippen MR) is 83.3 cm³/mol. The van der Waals surface area contributed by atoms with E-state index in [4.69, 9.17) is 21.6 Å². The van der Waals surface area contributed by atoms with Gasteiger partial charge in [0, 0.05) is 24.3 Å². The number of rotatable bonds is 6. The minimum absolute atomic E-state index is 0.0285. The fraction of sp³-hybridized carbons (Fsp3) is 0.333. The monoisotopic (exact) mass is 307 g/mol. The Kier molecular flexibility index (Phi) is 6.57. The molecule has 0 aliphatic carbocycles. The molecule has 0 saturated heterocycles. The fourth-order valence-electron chi connectivity index (χ4n) is 1.69. The van der Waals surface area contributed by atoms with Crippen molar-refractivity contribution in [3.8, 4) is 11.8 Å². The molecular weight excluding hydrogens is 290 g/mol. The van der Waals surface area contributed by atoms with Crippen LogP contribution in [0.15, 0.2) is 30.0 Å². The van der Waals surface area contributed by atoms with E-state index < -0.39 is 5.91 Å². The second-order valence-corrected chi connectivity index (χ2v) is 4.61. The van der Waals surface area contributed by atoms with E-state index in [0.29, 0.717) is 16.5 Å². The van der Waals surface area contributed by atoms with Crippen molar-refractivity contribution in [3.05, 3.63) is 35.0 Å². The third-order valence-electron chi connectivity index (χ3n) is 2.90. The van der Waals surface area contributed by atoms with Crippen molar-refractivity contribution in [3.63, 3.8) is 0 Å². The van der Waals surface area contributed by atoms with Crippen molar-refractivity contribution in [1.29, 1.82) is 5.26 Å². The van der Waals surface area contributed by atoms with E-state index in [0.717, 1.165) is 13.1 Å². The number of benzene rings is 1. The van der Waals surface area contributed by atoms with Gasteiger partial charge in [0.25, 0.3) is 5.91 Å². The summed E-state index contributed by atoms with van der Waals surface area (Å²) >= 11 is 5.91. The molecule has 0 spiro atoms. The molecule has 0 fully saturated rings. The zero-order chi connectivity index (χ0) is 15.8. The van der Waals surface area contributed by atoms with Crippen LogP contribution in [0.25, 0.3) is 0 Å². The third kappa shape index (κ3) is 4.69. The molecule has 0 radical (unpaired) electrons. The summed E-state index contributed by atoms with van der Waals surface area (Å²) in [5.74, 6) is -0.0159. The van der Waals surface area contributed by atoms with Gasteiger partial charge < -0.3 is 15.0 Å². The number of nitrogens with zero attached hydrogens (tertiary/aromatic N) is 2. The Morgan fingerprint density at radius 3 is 2.67 bits per heavy atom. The lowest BCUT2D eigenvalue weighted by Crippen LogP contribution is -2.21. The average molecular weight is 308 g/mol. The van der Waals surface area contributed by atoms with Crippen LogP contribution in [0.5, 0.6) is 5.75 Å². The number of halogens is 1. The molecular formula is C15H18ClN3O2. The number of anilines is 1. The highest BCUT2D eigenvalue weighted by molar-refractivity contribution is 6.31. The summed E-state index contributed by atoms with van der Waals surface area (Å²) in [7, 11) is 1.50. The maximum atomic E-state index is 12.2. The number of nitriles is 1. The molecule has 0 aromatic heterocycles. The molecule has 0 heterocycles. The molecule has 0 aliphatic rings. The number of carbonyl (C=O) groups is 1. The molecule has 0 unspecified atom stereocenters. The van der Waals surface area contributed by atoms with Crippen LogP contribution in [0.3, 0.4) is 0 Å².